The zero-order chi connectivity index (χ0) is 21.1. The molecule has 0 bridgehead atoms. The van der Waals surface area contributed by atoms with Crippen molar-refractivity contribution in [1.29, 1.82) is 0 Å². The first kappa shape index (κ1) is 19.6. The van der Waals surface area contributed by atoms with Crippen LogP contribution in [0.1, 0.15) is 17.5 Å². The van der Waals surface area contributed by atoms with E-state index in [0.29, 0.717) is 36.5 Å². The van der Waals surface area contributed by atoms with Crippen LogP contribution in [0, 0.1) is 0 Å². The van der Waals surface area contributed by atoms with Gasteiger partial charge in [0.05, 0.1) is 10.6 Å². The Balaban J connectivity index is 1.81. The van der Waals surface area contributed by atoms with E-state index in [9.17, 15) is 22.8 Å². The molecule has 1 aliphatic heterocycles. The number of hydrogen-bond donors (Lipinski definition) is 0. The fourth-order valence-corrected chi connectivity index (χ4v) is 3.89. The van der Waals surface area contributed by atoms with Gasteiger partial charge in [0.25, 0.3) is 5.56 Å². The second-order valence-electron chi connectivity index (χ2n) is 7.03. The van der Waals surface area contributed by atoms with Crippen molar-refractivity contribution in [3.8, 4) is 0 Å². The van der Waals surface area contributed by atoms with E-state index in [0.717, 1.165) is 10.6 Å². The van der Waals surface area contributed by atoms with Crippen molar-refractivity contribution in [1.82, 2.24) is 18.7 Å². The SMILES string of the molecule is Cn1c(=O)c2c(nc3n2CCCN3Cc2ccc(Cl)c(C(F)(F)F)c2)n(C)c1=O. The quantitative estimate of drug-likeness (QED) is 0.630. The van der Waals surface area contributed by atoms with Crippen LogP contribution < -0.4 is 16.1 Å². The summed E-state index contributed by atoms with van der Waals surface area (Å²) in [5.41, 5.74) is -0.845. The summed E-state index contributed by atoms with van der Waals surface area (Å²) in [7, 11) is 2.93. The number of imidazole rings is 1. The number of alkyl halides is 3. The maximum absolute atomic E-state index is 13.2. The number of nitrogens with zero attached hydrogens (tertiary/aromatic N) is 5. The van der Waals surface area contributed by atoms with Crippen molar-refractivity contribution >= 4 is 28.7 Å². The first-order valence-corrected chi connectivity index (χ1v) is 9.24. The van der Waals surface area contributed by atoms with Gasteiger partial charge in [0.15, 0.2) is 11.2 Å². The van der Waals surface area contributed by atoms with Crippen molar-refractivity contribution in [3.63, 3.8) is 0 Å². The van der Waals surface area contributed by atoms with Crippen LogP contribution in [-0.2, 0) is 33.4 Å². The summed E-state index contributed by atoms with van der Waals surface area (Å²) >= 11 is 5.70. The average Bonchev–Trinajstić information content (AvgIpc) is 3.06. The topological polar surface area (TPSA) is 65.1 Å². The molecule has 0 saturated heterocycles. The van der Waals surface area contributed by atoms with E-state index in [1.807, 2.05) is 0 Å². The van der Waals surface area contributed by atoms with Gasteiger partial charge < -0.3 is 9.47 Å². The maximum atomic E-state index is 13.2. The van der Waals surface area contributed by atoms with Crippen molar-refractivity contribution in [2.75, 3.05) is 11.4 Å². The fourth-order valence-electron chi connectivity index (χ4n) is 3.67. The standard InChI is InChI=1S/C18H17ClF3N5O2/c1-24-14-13(15(28)25(2)17(24)29)27-7-3-6-26(16(27)23-14)9-10-4-5-12(19)11(8-10)18(20,21)22/h4-5,8H,3,6-7,9H2,1-2H3. The number of halogens is 4. The smallest absolute Gasteiger partial charge is 0.338 e. The Morgan fingerprint density at radius 1 is 1.14 bits per heavy atom. The van der Waals surface area contributed by atoms with Gasteiger partial charge in [-0.05, 0) is 24.1 Å². The molecule has 3 aromatic rings. The predicted molar refractivity (Wildman–Crippen MR) is 102 cm³/mol. The molecular formula is C18H17ClF3N5O2. The van der Waals surface area contributed by atoms with Crippen molar-refractivity contribution in [3.05, 3.63) is 55.2 Å². The zero-order valence-electron chi connectivity index (χ0n) is 15.6. The van der Waals surface area contributed by atoms with Crippen LogP contribution in [0.4, 0.5) is 19.1 Å². The first-order chi connectivity index (χ1) is 13.6. The van der Waals surface area contributed by atoms with Crippen LogP contribution in [-0.4, -0.2) is 25.2 Å². The molecule has 0 amide bonds. The highest BCUT2D eigenvalue weighted by Gasteiger charge is 2.33. The summed E-state index contributed by atoms with van der Waals surface area (Å²) in [4.78, 5) is 31.1. The molecule has 0 fully saturated rings. The predicted octanol–water partition coefficient (Wildman–Crippen LogP) is 2.52. The first-order valence-electron chi connectivity index (χ1n) is 8.86. The molecule has 7 nitrogen and oxygen atoms in total. The van der Waals surface area contributed by atoms with Gasteiger partial charge in [0.1, 0.15) is 0 Å². The van der Waals surface area contributed by atoms with Gasteiger partial charge in [-0.1, -0.05) is 17.7 Å². The molecule has 0 spiro atoms. The molecule has 2 aromatic heterocycles. The molecule has 0 N–H and O–H groups in total. The summed E-state index contributed by atoms with van der Waals surface area (Å²) in [6.07, 6.45) is -3.86. The largest absolute Gasteiger partial charge is 0.417 e. The summed E-state index contributed by atoms with van der Waals surface area (Å²) in [5, 5.41) is -0.356. The highest BCUT2D eigenvalue weighted by Crippen LogP contribution is 2.35. The van der Waals surface area contributed by atoms with Gasteiger partial charge in [0.2, 0.25) is 5.95 Å². The maximum Gasteiger partial charge on any atom is 0.417 e. The third-order valence-corrected chi connectivity index (χ3v) is 5.46. The molecule has 29 heavy (non-hydrogen) atoms. The van der Waals surface area contributed by atoms with E-state index in [1.54, 1.807) is 9.47 Å². The summed E-state index contributed by atoms with van der Waals surface area (Å²) in [6, 6.07) is 3.79. The lowest BCUT2D eigenvalue weighted by molar-refractivity contribution is -0.137. The van der Waals surface area contributed by atoms with E-state index < -0.39 is 23.0 Å². The number of fused-ring (bicyclic) bond motifs is 3. The Morgan fingerprint density at radius 2 is 1.86 bits per heavy atom. The van der Waals surface area contributed by atoms with Gasteiger partial charge in [-0.3, -0.25) is 13.9 Å². The summed E-state index contributed by atoms with van der Waals surface area (Å²) < 4.78 is 43.5. The monoisotopic (exact) mass is 427 g/mol. The van der Waals surface area contributed by atoms with E-state index in [-0.39, 0.29) is 17.2 Å². The molecular weight excluding hydrogens is 411 g/mol. The molecule has 154 valence electrons. The Morgan fingerprint density at radius 3 is 2.55 bits per heavy atom. The minimum absolute atomic E-state index is 0.165. The van der Waals surface area contributed by atoms with E-state index in [2.05, 4.69) is 4.98 Å². The fraction of sp³-hybridized carbons (Fsp3) is 0.389. The van der Waals surface area contributed by atoms with Crippen LogP contribution in [0.2, 0.25) is 5.02 Å². The summed E-state index contributed by atoms with van der Waals surface area (Å²) in [5.74, 6) is 0.452. The lowest BCUT2D eigenvalue weighted by atomic mass is 10.1. The molecule has 0 atom stereocenters. The second kappa shape index (κ2) is 6.65. The number of aromatic nitrogens is 4. The third-order valence-electron chi connectivity index (χ3n) is 5.13. The lowest BCUT2D eigenvalue weighted by Gasteiger charge is -2.29. The minimum Gasteiger partial charge on any atom is -0.338 e. The number of benzene rings is 1. The van der Waals surface area contributed by atoms with Gasteiger partial charge in [0, 0.05) is 33.7 Å². The second-order valence-corrected chi connectivity index (χ2v) is 7.44. The van der Waals surface area contributed by atoms with Crippen LogP contribution in [0.25, 0.3) is 11.2 Å². The van der Waals surface area contributed by atoms with Crippen LogP contribution >= 0.6 is 11.6 Å². The Labute approximate surface area is 167 Å². The zero-order valence-corrected chi connectivity index (χ0v) is 16.4. The molecule has 3 heterocycles. The number of anilines is 1. The van der Waals surface area contributed by atoms with Gasteiger partial charge in [-0.15, -0.1) is 0 Å². The van der Waals surface area contributed by atoms with Crippen molar-refractivity contribution < 1.29 is 13.2 Å². The number of hydrogen-bond acceptors (Lipinski definition) is 4. The minimum atomic E-state index is -4.55. The summed E-state index contributed by atoms with van der Waals surface area (Å²) in [6.45, 7) is 1.25. The molecule has 1 aromatic carbocycles. The van der Waals surface area contributed by atoms with Crippen LogP contribution in [0.15, 0.2) is 27.8 Å². The number of rotatable bonds is 2. The highest BCUT2D eigenvalue weighted by atomic mass is 35.5. The Kier molecular flexibility index (Phi) is 4.49. The van der Waals surface area contributed by atoms with Crippen molar-refractivity contribution in [2.24, 2.45) is 14.1 Å². The lowest BCUT2D eigenvalue weighted by Crippen LogP contribution is -2.38. The molecule has 0 radical (unpaired) electrons. The molecule has 4 rings (SSSR count). The number of aryl methyl sites for hydroxylation is 2. The third kappa shape index (κ3) is 3.11. The normalized spacial score (nSPS) is 14.5. The van der Waals surface area contributed by atoms with Gasteiger partial charge >= 0.3 is 11.9 Å². The molecule has 0 aliphatic carbocycles. The molecule has 0 unspecified atom stereocenters. The van der Waals surface area contributed by atoms with Gasteiger partial charge in [-0.25, -0.2) is 4.79 Å². The highest BCUT2D eigenvalue weighted by molar-refractivity contribution is 6.31. The molecule has 1 aliphatic rings. The van der Waals surface area contributed by atoms with Crippen LogP contribution in [0.3, 0.4) is 0 Å². The van der Waals surface area contributed by atoms with Gasteiger partial charge in [-0.2, -0.15) is 18.2 Å². The van der Waals surface area contributed by atoms with E-state index >= 15 is 0 Å². The Hall–Kier alpha value is -2.75. The van der Waals surface area contributed by atoms with E-state index in [4.69, 9.17) is 11.6 Å². The van der Waals surface area contributed by atoms with Crippen LogP contribution in [0.5, 0.6) is 0 Å². The molecule has 0 saturated carbocycles. The molecule has 11 heteroatoms. The Bertz CT molecular complexity index is 1240. The van der Waals surface area contributed by atoms with Crippen molar-refractivity contribution in [2.45, 2.75) is 25.7 Å². The average molecular weight is 428 g/mol. The van der Waals surface area contributed by atoms with E-state index in [1.165, 1.54) is 30.8 Å².